The summed E-state index contributed by atoms with van der Waals surface area (Å²) in [6.45, 7) is 13.3. The van der Waals surface area contributed by atoms with Crippen molar-refractivity contribution in [2.24, 2.45) is 57.3 Å². The van der Waals surface area contributed by atoms with E-state index in [1.165, 1.54) is 73.6 Å². The number of hydrogen-bond acceptors (Lipinski definition) is 6. The van der Waals surface area contributed by atoms with E-state index >= 15 is 0 Å². The molecule has 2 aromatic carbocycles. The first-order valence-electron chi connectivity index (χ1n) is 22.3. The van der Waals surface area contributed by atoms with Crippen molar-refractivity contribution in [3.05, 3.63) is 69.0 Å². The number of allylic oxidation sites excluding steroid dienone is 2. The Balaban J connectivity index is 0.905. The zero-order chi connectivity index (χ0) is 39.5. The lowest BCUT2D eigenvalue weighted by atomic mass is 9.64. The fraction of sp³-hybridized carbons (Fsp3) is 0.569. The number of nitrogens with zero attached hydrogens (tertiary/aromatic N) is 2. The summed E-state index contributed by atoms with van der Waals surface area (Å²) in [6, 6.07) is 9.31. The van der Waals surface area contributed by atoms with Gasteiger partial charge in [0.15, 0.2) is 23.1 Å². The van der Waals surface area contributed by atoms with Gasteiger partial charge in [-0.25, -0.2) is 9.98 Å². The predicted molar refractivity (Wildman–Crippen MR) is 224 cm³/mol. The Hall–Kier alpha value is -4.06. The highest BCUT2D eigenvalue weighted by Gasteiger charge is 2.54. The van der Waals surface area contributed by atoms with Crippen LogP contribution in [-0.2, 0) is 35.4 Å². The molecule has 0 radical (unpaired) electrons. The predicted octanol–water partition coefficient (Wildman–Crippen LogP) is 10.1. The minimum Gasteiger partial charge on any atom is -0.292 e. The van der Waals surface area contributed by atoms with E-state index in [4.69, 9.17) is 9.98 Å². The summed E-state index contributed by atoms with van der Waals surface area (Å²) in [5, 5.41) is 0. The van der Waals surface area contributed by atoms with E-state index in [9.17, 15) is 19.2 Å². The van der Waals surface area contributed by atoms with Gasteiger partial charge in [0.05, 0.1) is 11.4 Å². The van der Waals surface area contributed by atoms with Gasteiger partial charge in [0.25, 0.3) is 0 Å². The van der Waals surface area contributed by atoms with Crippen molar-refractivity contribution in [3.8, 4) is 11.1 Å². The van der Waals surface area contributed by atoms with E-state index in [0.29, 0.717) is 23.7 Å². The lowest BCUT2D eigenvalue weighted by molar-refractivity contribution is -0.123. The van der Waals surface area contributed by atoms with Crippen LogP contribution >= 0.6 is 0 Å². The van der Waals surface area contributed by atoms with Gasteiger partial charge in [0, 0.05) is 39.9 Å². The van der Waals surface area contributed by atoms with Gasteiger partial charge in [-0.3, -0.25) is 19.2 Å². The molecule has 0 saturated heterocycles. The van der Waals surface area contributed by atoms with Crippen molar-refractivity contribution in [2.45, 2.75) is 135 Å². The molecule has 0 amide bonds. The summed E-state index contributed by atoms with van der Waals surface area (Å²) in [4.78, 5) is 65.5. The lowest BCUT2D eigenvalue weighted by Crippen LogP contribution is -2.35. The van der Waals surface area contributed by atoms with E-state index in [1.54, 1.807) is 0 Å². The second-order valence-corrected chi connectivity index (χ2v) is 21.3. The van der Waals surface area contributed by atoms with Crippen LogP contribution in [0.5, 0.6) is 0 Å². The van der Waals surface area contributed by atoms with E-state index in [2.05, 4.69) is 78.0 Å². The maximum atomic E-state index is 13.9. The molecule has 9 aliphatic carbocycles. The normalized spacial score (nSPS) is 34.7. The summed E-state index contributed by atoms with van der Waals surface area (Å²) >= 11 is 0. The Kier molecular flexibility index (Phi) is 7.60. The third kappa shape index (κ3) is 4.94. The SMILES string of the molecule is CC1(C)C(N=C2C(=O)C3CC4CCCCC4CC3C2=O)=Cc2cc3c(cc21)-c1cc2c(cc1C3(C)C)C=C(N=C1C(=O)C3CC4CCCCC4CC3C1=O)C2(C)C. The second kappa shape index (κ2) is 12.0. The molecule has 8 atom stereocenters. The highest BCUT2D eigenvalue weighted by Crippen LogP contribution is 2.57. The van der Waals surface area contributed by atoms with Crippen molar-refractivity contribution in [1.82, 2.24) is 0 Å². The molecule has 0 aromatic heterocycles. The van der Waals surface area contributed by atoms with Crippen molar-refractivity contribution >= 4 is 46.7 Å². The molecule has 294 valence electrons. The molecule has 6 fully saturated rings. The van der Waals surface area contributed by atoms with Crippen molar-refractivity contribution in [2.75, 3.05) is 0 Å². The Labute approximate surface area is 337 Å². The van der Waals surface area contributed by atoms with Crippen LogP contribution < -0.4 is 0 Å². The van der Waals surface area contributed by atoms with Gasteiger partial charge in [-0.05, 0) is 130 Å². The van der Waals surface area contributed by atoms with Crippen molar-refractivity contribution in [1.29, 1.82) is 0 Å². The molecular weight excluding hydrogens is 705 g/mol. The summed E-state index contributed by atoms with van der Waals surface area (Å²) in [5.41, 5.74) is 10.2. The molecule has 8 unspecified atom stereocenters. The first-order chi connectivity index (χ1) is 27.1. The number of hydrogen-bond donors (Lipinski definition) is 0. The number of ketones is 4. The summed E-state index contributed by atoms with van der Waals surface area (Å²) in [5.74, 6) is 1.46. The molecule has 0 N–H and O–H groups in total. The van der Waals surface area contributed by atoms with Crippen molar-refractivity contribution in [3.63, 3.8) is 0 Å². The number of carbonyl (C=O) groups is 4. The molecule has 6 saturated carbocycles. The minimum absolute atomic E-state index is 0.0217. The number of benzene rings is 2. The monoisotopic (exact) mass is 760 g/mol. The largest absolute Gasteiger partial charge is 0.292 e. The van der Waals surface area contributed by atoms with E-state index in [-0.39, 0.29) is 63.6 Å². The molecule has 0 spiro atoms. The standard InChI is InChI=1S/C51H56N2O4/c1-49(2)39-19-29-21-41(52-43-45(54)33-15-25-11-7-8-12-26(25)16-34(33)46(43)55)50(3,4)37(29)23-31(39)32-24-38-30(20-40(32)49)22-42(51(38,5)6)53-44-47(56)35-17-27-13-9-10-14-28(27)18-36(35)48(44)57/h19-28,33-36H,7-18H2,1-6H3. The summed E-state index contributed by atoms with van der Waals surface area (Å²) in [7, 11) is 0. The molecule has 6 nitrogen and oxygen atoms in total. The summed E-state index contributed by atoms with van der Waals surface area (Å²) in [6.07, 6.45) is 17.4. The van der Waals surface area contributed by atoms with Gasteiger partial charge in [-0.1, -0.05) is 92.9 Å². The van der Waals surface area contributed by atoms with Gasteiger partial charge >= 0.3 is 0 Å². The Morgan fingerprint density at radius 1 is 0.439 bits per heavy atom. The van der Waals surface area contributed by atoms with E-state index in [0.717, 1.165) is 59.3 Å². The van der Waals surface area contributed by atoms with Gasteiger partial charge in [0.2, 0.25) is 0 Å². The quantitative estimate of drug-likeness (QED) is 0.305. The molecular formula is C51H56N2O4. The van der Waals surface area contributed by atoms with E-state index < -0.39 is 10.8 Å². The van der Waals surface area contributed by atoms with Crippen LogP contribution in [0, 0.1) is 47.3 Å². The molecule has 9 aliphatic rings. The average Bonchev–Trinajstić information content (AvgIpc) is 3.83. The average molecular weight is 761 g/mol. The number of fused-ring (bicyclic) bond motifs is 9. The molecule has 0 bridgehead atoms. The van der Waals surface area contributed by atoms with Crippen LogP contribution in [0.3, 0.4) is 0 Å². The Bertz CT molecular complexity index is 2150. The van der Waals surface area contributed by atoms with Gasteiger partial charge in [0.1, 0.15) is 11.4 Å². The lowest BCUT2D eigenvalue weighted by Gasteiger charge is -2.39. The number of rotatable bonds is 2. The maximum Gasteiger partial charge on any atom is 0.188 e. The van der Waals surface area contributed by atoms with Gasteiger partial charge in [-0.2, -0.15) is 0 Å². The van der Waals surface area contributed by atoms with Gasteiger partial charge in [-0.15, -0.1) is 0 Å². The first kappa shape index (κ1) is 36.1. The third-order valence-electron chi connectivity index (χ3n) is 17.3. The van der Waals surface area contributed by atoms with Crippen LogP contribution in [0.1, 0.15) is 152 Å². The fourth-order valence-corrected chi connectivity index (χ4v) is 13.8. The zero-order valence-corrected chi connectivity index (χ0v) is 34.6. The zero-order valence-electron chi connectivity index (χ0n) is 34.6. The second-order valence-electron chi connectivity index (χ2n) is 21.3. The van der Waals surface area contributed by atoms with Crippen LogP contribution in [0.4, 0.5) is 0 Å². The highest BCUT2D eigenvalue weighted by molar-refractivity contribution is 6.71. The number of aliphatic imine (C=N–C) groups is 2. The molecule has 57 heavy (non-hydrogen) atoms. The summed E-state index contributed by atoms with van der Waals surface area (Å²) < 4.78 is 0. The van der Waals surface area contributed by atoms with Crippen LogP contribution in [0.2, 0.25) is 0 Å². The van der Waals surface area contributed by atoms with Crippen LogP contribution in [-0.4, -0.2) is 34.6 Å². The smallest absolute Gasteiger partial charge is 0.188 e. The molecule has 0 aliphatic heterocycles. The van der Waals surface area contributed by atoms with Gasteiger partial charge < -0.3 is 0 Å². The number of carbonyl (C=O) groups excluding carboxylic acids is 4. The maximum absolute atomic E-state index is 13.9. The molecule has 6 heteroatoms. The minimum atomic E-state index is -0.483. The molecule has 11 rings (SSSR count). The van der Waals surface area contributed by atoms with Crippen LogP contribution in [0.15, 0.2) is 45.6 Å². The van der Waals surface area contributed by atoms with Crippen molar-refractivity contribution < 1.29 is 19.2 Å². The Morgan fingerprint density at radius 2 is 0.754 bits per heavy atom. The number of Topliss-reactive ketones (excluding diaryl/α,β-unsaturated/α-hetero) is 4. The third-order valence-corrected chi connectivity index (χ3v) is 17.3. The topological polar surface area (TPSA) is 93.0 Å². The molecule has 2 aromatic rings. The van der Waals surface area contributed by atoms with E-state index in [1.807, 2.05) is 0 Å². The fourth-order valence-electron chi connectivity index (χ4n) is 13.8. The van der Waals surface area contributed by atoms with Crippen LogP contribution in [0.25, 0.3) is 23.3 Å². The Morgan fingerprint density at radius 3 is 1.07 bits per heavy atom. The molecule has 0 heterocycles. The highest BCUT2D eigenvalue weighted by atomic mass is 16.2. The first-order valence-corrected chi connectivity index (χ1v) is 22.3.